The molecule has 162 valence electrons. The monoisotopic (exact) mass is 428 g/mol. The largest absolute Gasteiger partial charge is 0.482 e. The molecule has 0 unspecified atom stereocenters. The molecule has 0 aliphatic carbocycles. The van der Waals surface area contributed by atoms with Crippen molar-refractivity contribution in [2.45, 2.75) is 13.0 Å². The molecule has 1 amide bonds. The van der Waals surface area contributed by atoms with Gasteiger partial charge in [0.15, 0.2) is 13.2 Å². The van der Waals surface area contributed by atoms with Gasteiger partial charge in [0, 0.05) is 13.1 Å². The molecule has 0 atom stereocenters. The van der Waals surface area contributed by atoms with E-state index in [1.807, 2.05) is 66.7 Å². The van der Waals surface area contributed by atoms with Crippen molar-refractivity contribution in [1.29, 1.82) is 5.26 Å². The summed E-state index contributed by atoms with van der Waals surface area (Å²) < 4.78 is 10.5. The fourth-order valence-electron chi connectivity index (χ4n) is 3.05. The van der Waals surface area contributed by atoms with E-state index in [-0.39, 0.29) is 19.1 Å². The van der Waals surface area contributed by atoms with E-state index in [1.165, 1.54) is 0 Å². The van der Waals surface area contributed by atoms with E-state index in [0.717, 1.165) is 11.1 Å². The number of rotatable bonds is 10. The molecule has 6 heteroatoms. The van der Waals surface area contributed by atoms with Crippen molar-refractivity contribution in [3.05, 3.63) is 102 Å². The first kappa shape index (κ1) is 22.6. The van der Waals surface area contributed by atoms with Gasteiger partial charge in [0.25, 0.3) is 5.91 Å². The van der Waals surface area contributed by atoms with Crippen LogP contribution in [0.4, 0.5) is 0 Å². The molecule has 3 aromatic carbocycles. The Morgan fingerprint density at radius 3 is 2.06 bits per heavy atom. The van der Waals surface area contributed by atoms with Crippen LogP contribution >= 0.6 is 0 Å². The number of hydrogen-bond donors (Lipinski definition) is 0. The maximum atomic E-state index is 12.8. The van der Waals surface area contributed by atoms with Crippen LogP contribution in [0.3, 0.4) is 0 Å². The van der Waals surface area contributed by atoms with Crippen LogP contribution < -0.4 is 4.74 Å². The van der Waals surface area contributed by atoms with Crippen LogP contribution in [0.5, 0.6) is 5.75 Å². The second-order valence-corrected chi connectivity index (χ2v) is 7.12. The fraction of sp³-hybridized carbons (Fsp3) is 0.192. The molecule has 0 aromatic heterocycles. The van der Waals surface area contributed by atoms with E-state index in [0.29, 0.717) is 30.8 Å². The van der Waals surface area contributed by atoms with Crippen LogP contribution in [-0.4, -0.2) is 36.5 Å². The molecule has 0 aliphatic heterocycles. The van der Waals surface area contributed by atoms with Gasteiger partial charge in [-0.15, -0.1) is 0 Å². The van der Waals surface area contributed by atoms with Crippen LogP contribution in [0.2, 0.25) is 0 Å². The highest BCUT2D eigenvalue weighted by Gasteiger charge is 2.17. The van der Waals surface area contributed by atoms with E-state index >= 15 is 0 Å². The van der Waals surface area contributed by atoms with Crippen LogP contribution in [0.15, 0.2) is 84.9 Å². The maximum Gasteiger partial charge on any atom is 0.344 e. The number of amides is 1. The van der Waals surface area contributed by atoms with Crippen molar-refractivity contribution in [3.63, 3.8) is 0 Å². The third-order valence-corrected chi connectivity index (χ3v) is 4.78. The summed E-state index contributed by atoms with van der Waals surface area (Å²) >= 11 is 0. The lowest BCUT2D eigenvalue weighted by atomic mass is 10.1. The SMILES string of the molecule is N#Cc1ccc(OCC(=O)OCC(=O)N(CCc2ccccc2)Cc2ccccc2)cc1. The Hall–Kier alpha value is -4.11. The summed E-state index contributed by atoms with van der Waals surface area (Å²) in [6.07, 6.45) is 0.704. The summed E-state index contributed by atoms with van der Waals surface area (Å²) in [5, 5.41) is 8.81. The zero-order valence-electron chi connectivity index (χ0n) is 17.6. The Balaban J connectivity index is 1.52. The van der Waals surface area contributed by atoms with Crippen molar-refractivity contribution in [1.82, 2.24) is 4.90 Å². The Bertz CT molecular complexity index is 1040. The number of nitriles is 1. The molecular weight excluding hydrogens is 404 g/mol. The van der Waals surface area contributed by atoms with Crippen molar-refractivity contribution in [3.8, 4) is 11.8 Å². The van der Waals surface area contributed by atoms with Gasteiger partial charge in [0.05, 0.1) is 11.6 Å². The van der Waals surface area contributed by atoms with Gasteiger partial charge < -0.3 is 14.4 Å². The fourth-order valence-corrected chi connectivity index (χ4v) is 3.05. The van der Waals surface area contributed by atoms with Crippen LogP contribution in [0, 0.1) is 11.3 Å². The van der Waals surface area contributed by atoms with Gasteiger partial charge >= 0.3 is 5.97 Å². The minimum absolute atomic E-state index is 0.267. The average Bonchev–Trinajstić information content (AvgIpc) is 2.85. The average molecular weight is 428 g/mol. The Morgan fingerprint density at radius 2 is 1.44 bits per heavy atom. The first-order valence-corrected chi connectivity index (χ1v) is 10.3. The van der Waals surface area contributed by atoms with Crippen molar-refractivity contribution in [2.75, 3.05) is 19.8 Å². The van der Waals surface area contributed by atoms with Gasteiger partial charge in [-0.3, -0.25) is 4.79 Å². The first-order valence-electron chi connectivity index (χ1n) is 10.3. The summed E-state index contributed by atoms with van der Waals surface area (Å²) in [6, 6.07) is 28.0. The van der Waals surface area contributed by atoms with Gasteiger partial charge in [0.2, 0.25) is 0 Å². The highest BCUT2D eigenvalue weighted by molar-refractivity contribution is 5.81. The highest BCUT2D eigenvalue weighted by Crippen LogP contribution is 2.12. The zero-order chi connectivity index (χ0) is 22.6. The zero-order valence-corrected chi connectivity index (χ0v) is 17.6. The van der Waals surface area contributed by atoms with Crippen LogP contribution in [0.25, 0.3) is 0 Å². The Labute approximate surface area is 187 Å². The number of hydrogen-bond acceptors (Lipinski definition) is 5. The number of nitrogens with zero attached hydrogens (tertiary/aromatic N) is 2. The lowest BCUT2D eigenvalue weighted by Crippen LogP contribution is -2.36. The number of carbonyl (C=O) groups is 2. The molecule has 0 N–H and O–H groups in total. The van der Waals surface area contributed by atoms with Gasteiger partial charge in [-0.25, -0.2) is 4.79 Å². The molecule has 32 heavy (non-hydrogen) atoms. The predicted molar refractivity (Wildman–Crippen MR) is 120 cm³/mol. The molecule has 3 aromatic rings. The van der Waals surface area contributed by atoms with E-state index in [4.69, 9.17) is 14.7 Å². The topological polar surface area (TPSA) is 79.6 Å². The van der Waals surface area contributed by atoms with E-state index in [2.05, 4.69) is 0 Å². The van der Waals surface area contributed by atoms with E-state index < -0.39 is 5.97 Å². The van der Waals surface area contributed by atoms with Crippen molar-refractivity contribution in [2.24, 2.45) is 0 Å². The number of esters is 1. The molecule has 0 aliphatic rings. The van der Waals surface area contributed by atoms with Gasteiger partial charge in [-0.1, -0.05) is 60.7 Å². The second-order valence-electron chi connectivity index (χ2n) is 7.12. The van der Waals surface area contributed by atoms with E-state index in [9.17, 15) is 9.59 Å². The van der Waals surface area contributed by atoms with Gasteiger partial charge in [0.1, 0.15) is 5.75 Å². The van der Waals surface area contributed by atoms with Gasteiger partial charge in [-0.2, -0.15) is 5.26 Å². The summed E-state index contributed by atoms with van der Waals surface area (Å²) in [5.74, 6) is -0.456. The normalized spacial score (nSPS) is 10.1. The van der Waals surface area contributed by atoms with Crippen LogP contribution in [0.1, 0.15) is 16.7 Å². The molecule has 0 saturated heterocycles. The van der Waals surface area contributed by atoms with E-state index in [1.54, 1.807) is 29.2 Å². The minimum Gasteiger partial charge on any atom is -0.482 e. The molecule has 0 saturated carbocycles. The lowest BCUT2D eigenvalue weighted by molar-refractivity contribution is -0.153. The molecule has 0 radical (unpaired) electrons. The predicted octanol–water partition coefficient (Wildman–Crippen LogP) is 3.75. The second kappa shape index (κ2) is 11.9. The van der Waals surface area contributed by atoms with Gasteiger partial charge in [-0.05, 0) is 41.8 Å². The molecule has 0 fully saturated rings. The van der Waals surface area contributed by atoms with Crippen molar-refractivity contribution < 1.29 is 19.1 Å². The standard InChI is InChI=1S/C26H24N2O4/c27-17-22-11-13-24(14-12-22)31-20-26(30)32-19-25(29)28(18-23-9-5-2-6-10-23)16-15-21-7-3-1-4-8-21/h1-14H,15-16,18-20H2. The number of ether oxygens (including phenoxy) is 2. The molecule has 6 nitrogen and oxygen atoms in total. The maximum absolute atomic E-state index is 12.8. The highest BCUT2D eigenvalue weighted by atomic mass is 16.6. The lowest BCUT2D eigenvalue weighted by Gasteiger charge is -2.23. The minimum atomic E-state index is -0.634. The smallest absolute Gasteiger partial charge is 0.344 e. The van der Waals surface area contributed by atoms with Crippen LogP contribution in [-0.2, 0) is 27.3 Å². The molecule has 0 spiro atoms. The summed E-state index contributed by atoms with van der Waals surface area (Å²) in [6.45, 7) is 0.280. The third kappa shape index (κ3) is 7.29. The summed E-state index contributed by atoms with van der Waals surface area (Å²) in [7, 11) is 0. The molecule has 0 heterocycles. The first-order chi connectivity index (χ1) is 15.6. The van der Waals surface area contributed by atoms with Crippen molar-refractivity contribution >= 4 is 11.9 Å². The number of benzene rings is 3. The Kier molecular flexibility index (Phi) is 8.41. The summed E-state index contributed by atoms with van der Waals surface area (Å²) in [4.78, 5) is 26.5. The molecule has 3 rings (SSSR count). The number of carbonyl (C=O) groups excluding carboxylic acids is 2. The quantitative estimate of drug-likeness (QED) is 0.460. The molecular formula is C26H24N2O4. The summed E-state index contributed by atoms with van der Waals surface area (Å²) in [5.41, 5.74) is 2.63. The Morgan fingerprint density at radius 1 is 0.812 bits per heavy atom. The third-order valence-electron chi connectivity index (χ3n) is 4.78. The molecule has 0 bridgehead atoms.